The van der Waals surface area contributed by atoms with Crippen molar-refractivity contribution >= 4 is 23.7 Å². The maximum Gasteiger partial charge on any atom is 0.261 e. The predicted molar refractivity (Wildman–Crippen MR) is 86.2 cm³/mol. The highest BCUT2D eigenvalue weighted by Crippen LogP contribution is 2.16. The van der Waals surface area contributed by atoms with Crippen LogP contribution in [0.25, 0.3) is 12.2 Å². The van der Waals surface area contributed by atoms with Crippen molar-refractivity contribution < 1.29 is 13.7 Å². The molecule has 0 spiro atoms. The normalized spacial score (nSPS) is 10.8. The van der Waals surface area contributed by atoms with Gasteiger partial charge in [0.1, 0.15) is 11.4 Å². The molecule has 114 valence electrons. The molecule has 3 rings (SSSR count). The Bertz CT molecular complexity index is 824. The fourth-order valence-corrected chi connectivity index (χ4v) is 2.01. The van der Waals surface area contributed by atoms with E-state index in [1.807, 2.05) is 36.4 Å². The van der Waals surface area contributed by atoms with Crippen LogP contribution in [0.15, 0.2) is 65.3 Å². The van der Waals surface area contributed by atoms with Crippen molar-refractivity contribution in [3.05, 3.63) is 83.5 Å². The summed E-state index contributed by atoms with van der Waals surface area (Å²) >= 11 is 0. The molecule has 23 heavy (non-hydrogen) atoms. The number of carbonyl (C=O) groups excluding carboxylic acids is 1. The number of anilines is 1. The Balaban J connectivity index is 1.76. The quantitative estimate of drug-likeness (QED) is 0.784. The number of hydrogen-bond donors (Lipinski definition) is 1. The third kappa shape index (κ3) is 3.71. The number of nitrogens with one attached hydrogen (secondary N) is 1. The molecule has 1 N–H and O–H groups in total. The first kappa shape index (κ1) is 14.7. The summed E-state index contributed by atoms with van der Waals surface area (Å²) in [5, 5.41) is 6.33. The molecule has 0 bridgehead atoms. The highest BCUT2D eigenvalue weighted by molar-refractivity contribution is 6.06. The lowest BCUT2D eigenvalue weighted by atomic mass is 10.1. The average molecular weight is 308 g/mol. The number of rotatable bonds is 4. The Morgan fingerprint density at radius 2 is 1.78 bits per heavy atom. The molecule has 0 fully saturated rings. The van der Waals surface area contributed by atoms with Crippen LogP contribution in [0.2, 0.25) is 0 Å². The lowest BCUT2D eigenvalue weighted by molar-refractivity contribution is 0.102. The van der Waals surface area contributed by atoms with Gasteiger partial charge in [-0.1, -0.05) is 41.6 Å². The molecule has 4 nitrogen and oxygen atoms in total. The van der Waals surface area contributed by atoms with E-state index in [1.54, 1.807) is 6.08 Å². The molecule has 0 atom stereocenters. The zero-order valence-electron chi connectivity index (χ0n) is 12.1. The smallest absolute Gasteiger partial charge is 0.261 e. The molecular weight excluding hydrogens is 295 g/mol. The lowest BCUT2D eigenvalue weighted by Gasteiger charge is -2.03. The molecule has 0 aliphatic carbocycles. The molecular formula is C18H13FN2O2. The van der Waals surface area contributed by atoms with Crippen molar-refractivity contribution in [3.8, 4) is 0 Å². The first-order chi connectivity index (χ1) is 11.2. The van der Waals surface area contributed by atoms with E-state index in [1.165, 1.54) is 30.5 Å². The minimum atomic E-state index is -0.370. The second kappa shape index (κ2) is 6.70. The maximum absolute atomic E-state index is 12.9. The van der Waals surface area contributed by atoms with Crippen molar-refractivity contribution in [1.82, 2.24) is 5.16 Å². The zero-order valence-corrected chi connectivity index (χ0v) is 12.1. The molecule has 0 radical (unpaired) electrons. The number of benzene rings is 2. The first-order valence-corrected chi connectivity index (χ1v) is 6.97. The van der Waals surface area contributed by atoms with Crippen LogP contribution in [0.5, 0.6) is 0 Å². The van der Waals surface area contributed by atoms with Gasteiger partial charge in [0.25, 0.3) is 5.91 Å². The summed E-state index contributed by atoms with van der Waals surface area (Å²) in [4.78, 5) is 12.3. The molecule has 5 heteroatoms. The highest BCUT2D eigenvalue weighted by Gasteiger charge is 2.14. The summed E-state index contributed by atoms with van der Waals surface area (Å²) in [5.74, 6) is -0.376. The minimum absolute atomic E-state index is 0.307. The van der Waals surface area contributed by atoms with Crippen LogP contribution >= 0.6 is 0 Å². The van der Waals surface area contributed by atoms with Gasteiger partial charge in [-0.2, -0.15) is 0 Å². The van der Waals surface area contributed by atoms with Crippen LogP contribution in [0, 0.1) is 5.82 Å². The van der Waals surface area contributed by atoms with Crippen molar-refractivity contribution in [1.29, 1.82) is 0 Å². The summed E-state index contributed by atoms with van der Waals surface area (Å²) in [5.41, 5.74) is 1.78. The average Bonchev–Trinajstić information content (AvgIpc) is 3.05. The van der Waals surface area contributed by atoms with Crippen LogP contribution in [-0.4, -0.2) is 11.1 Å². The van der Waals surface area contributed by atoms with E-state index in [4.69, 9.17) is 4.52 Å². The lowest BCUT2D eigenvalue weighted by Crippen LogP contribution is -2.12. The van der Waals surface area contributed by atoms with E-state index in [0.717, 1.165) is 5.56 Å². The third-order valence-electron chi connectivity index (χ3n) is 3.17. The van der Waals surface area contributed by atoms with Crippen LogP contribution < -0.4 is 5.32 Å². The van der Waals surface area contributed by atoms with Gasteiger partial charge >= 0.3 is 0 Å². The number of hydrogen-bond acceptors (Lipinski definition) is 3. The highest BCUT2D eigenvalue weighted by atomic mass is 19.1. The molecule has 2 aromatic carbocycles. The largest absolute Gasteiger partial charge is 0.356 e. The molecule has 0 saturated heterocycles. The molecule has 0 unspecified atom stereocenters. The Kier molecular flexibility index (Phi) is 4.29. The van der Waals surface area contributed by atoms with E-state index < -0.39 is 0 Å². The summed E-state index contributed by atoms with van der Waals surface area (Å²) in [6.07, 6.45) is 4.86. The second-order valence-electron chi connectivity index (χ2n) is 4.81. The van der Waals surface area contributed by atoms with Gasteiger partial charge in [0.15, 0.2) is 5.76 Å². The van der Waals surface area contributed by atoms with Crippen molar-refractivity contribution in [2.45, 2.75) is 0 Å². The number of aromatic nitrogens is 1. The Morgan fingerprint density at radius 3 is 2.52 bits per heavy atom. The topological polar surface area (TPSA) is 55.1 Å². The number of halogens is 1. The van der Waals surface area contributed by atoms with E-state index >= 15 is 0 Å². The molecule has 1 aromatic heterocycles. The van der Waals surface area contributed by atoms with Crippen LogP contribution in [0.1, 0.15) is 21.7 Å². The predicted octanol–water partition coefficient (Wildman–Crippen LogP) is 4.24. The monoisotopic (exact) mass is 308 g/mol. The third-order valence-corrected chi connectivity index (χ3v) is 3.17. The maximum atomic E-state index is 12.9. The van der Waals surface area contributed by atoms with Gasteiger partial charge in [0, 0.05) is 5.69 Å². The van der Waals surface area contributed by atoms with E-state index in [-0.39, 0.29) is 11.7 Å². The standard InChI is InChI=1S/C18H13FN2O2/c19-14-7-9-15(10-8-14)21-18(22)16-12-20-23-17(16)11-6-13-4-2-1-3-5-13/h1-12H,(H,21,22)/b11-6+. The van der Waals surface area contributed by atoms with Crippen molar-refractivity contribution in [2.75, 3.05) is 5.32 Å². The van der Waals surface area contributed by atoms with Crippen LogP contribution in [0.4, 0.5) is 10.1 Å². The number of nitrogens with zero attached hydrogens (tertiary/aromatic N) is 1. The van der Waals surface area contributed by atoms with Gasteiger partial charge in [-0.3, -0.25) is 4.79 Å². The zero-order chi connectivity index (χ0) is 16.1. The first-order valence-electron chi connectivity index (χ1n) is 6.97. The summed E-state index contributed by atoms with van der Waals surface area (Å²) in [6.45, 7) is 0. The minimum Gasteiger partial charge on any atom is -0.356 e. The van der Waals surface area contributed by atoms with Crippen molar-refractivity contribution in [3.63, 3.8) is 0 Å². The number of amides is 1. The van der Waals surface area contributed by atoms with Gasteiger partial charge in [0.05, 0.1) is 6.20 Å². The Hall–Kier alpha value is -3.21. The van der Waals surface area contributed by atoms with E-state index in [0.29, 0.717) is 17.0 Å². The van der Waals surface area contributed by atoms with Crippen LogP contribution in [0.3, 0.4) is 0 Å². The fraction of sp³-hybridized carbons (Fsp3) is 0. The molecule has 0 aliphatic rings. The van der Waals surface area contributed by atoms with Crippen LogP contribution in [-0.2, 0) is 0 Å². The van der Waals surface area contributed by atoms with Crippen molar-refractivity contribution in [2.24, 2.45) is 0 Å². The summed E-state index contributed by atoms with van der Waals surface area (Å²) < 4.78 is 18.0. The second-order valence-corrected chi connectivity index (χ2v) is 4.81. The summed E-state index contributed by atoms with van der Waals surface area (Å²) in [7, 11) is 0. The van der Waals surface area contributed by atoms with E-state index in [2.05, 4.69) is 10.5 Å². The Labute approximate surface area is 132 Å². The molecule has 1 amide bonds. The van der Waals surface area contributed by atoms with Gasteiger partial charge in [0.2, 0.25) is 0 Å². The Morgan fingerprint density at radius 1 is 1.04 bits per heavy atom. The van der Waals surface area contributed by atoms with Gasteiger partial charge in [-0.05, 0) is 35.9 Å². The van der Waals surface area contributed by atoms with E-state index in [9.17, 15) is 9.18 Å². The fourth-order valence-electron chi connectivity index (χ4n) is 2.01. The van der Waals surface area contributed by atoms with Gasteiger partial charge in [-0.15, -0.1) is 0 Å². The van der Waals surface area contributed by atoms with Gasteiger partial charge in [-0.25, -0.2) is 4.39 Å². The summed E-state index contributed by atoms with van der Waals surface area (Å²) in [6, 6.07) is 15.2. The molecule has 0 saturated carbocycles. The number of carbonyl (C=O) groups is 1. The SMILES string of the molecule is O=C(Nc1ccc(F)cc1)c1cnoc1/C=C/c1ccccc1. The molecule has 3 aromatic rings. The molecule has 1 heterocycles. The van der Waals surface area contributed by atoms with Gasteiger partial charge < -0.3 is 9.84 Å². The molecule has 0 aliphatic heterocycles.